The van der Waals surface area contributed by atoms with Crippen molar-refractivity contribution < 1.29 is 14.3 Å². The zero-order chi connectivity index (χ0) is 18.2. The van der Waals surface area contributed by atoms with Gasteiger partial charge in [-0.05, 0) is 31.2 Å². The second kappa shape index (κ2) is 9.08. The van der Waals surface area contributed by atoms with E-state index in [9.17, 15) is 9.59 Å². The van der Waals surface area contributed by atoms with E-state index in [1.54, 1.807) is 31.3 Å². The Morgan fingerprint density at radius 3 is 2.48 bits per heavy atom. The smallest absolute Gasteiger partial charge is 0.244 e. The number of rotatable bonds is 7. The number of carbonyl (C=O) groups excluding carboxylic acids is 2. The van der Waals surface area contributed by atoms with Crippen LogP contribution in [0.1, 0.15) is 12.0 Å². The summed E-state index contributed by atoms with van der Waals surface area (Å²) in [6.45, 7) is 2.21. The van der Waals surface area contributed by atoms with Crippen LogP contribution in [0.15, 0.2) is 48.5 Å². The third-order valence-electron chi connectivity index (χ3n) is 3.56. The Bertz CT molecular complexity index is 732. The van der Waals surface area contributed by atoms with Gasteiger partial charge in [0.2, 0.25) is 11.8 Å². The lowest BCUT2D eigenvalue weighted by atomic mass is 10.2. The number of hydrogen-bond donors (Lipinski definition) is 1. The van der Waals surface area contributed by atoms with Crippen molar-refractivity contribution in [2.24, 2.45) is 0 Å². The van der Waals surface area contributed by atoms with E-state index in [-0.39, 0.29) is 31.4 Å². The molecule has 25 heavy (non-hydrogen) atoms. The first kappa shape index (κ1) is 18.8. The normalized spacial score (nSPS) is 10.2. The Balaban J connectivity index is 1.74. The fourth-order valence-electron chi connectivity index (χ4n) is 2.14. The maximum Gasteiger partial charge on any atom is 0.244 e. The first-order chi connectivity index (χ1) is 12.0. The quantitative estimate of drug-likeness (QED) is 0.822. The lowest BCUT2D eigenvalue weighted by molar-refractivity contribution is -0.133. The Labute approximate surface area is 152 Å². The minimum Gasteiger partial charge on any atom is -0.493 e. The van der Waals surface area contributed by atoms with Crippen molar-refractivity contribution in [3.05, 3.63) is 59.1 Å². The summed E-state index contributed by atoms with van der Waals surface area (Å²) in [5, 5.41) is 3.14. The summed E-state index contributed by atoms with van der Waals surface area (Å²) in [5.74, 6) is 0.252. The number of carbonyl (C=O) groups is 2. The van der Waals surface area contributed by atoms with E-state index >= 15 is 0 Å². The molecule has 0 saturated carbocycles. The van der Waals surface area contributed by atoms with Gasteiger partial charge in [-0.1, -0.05) is 41.4 Å². The molecule has 0 unspecified atom stereocenters. The number of para-hydroxylation sites is 1. The number of benzene rings is 2. The number of hydrogen-bond acceptors (Lipinski definition) is 3. The largest absolute Gasteiger partial charge is 0.493 e. The molecule has 0 spiro atoms. The van der Waals surface area contributed by atoms with Gasteiger partial charge >= 0.3 is 0 Å². The van der Waals surface area contributed by atoms with Gasteiger partial charge in [-0.3, -0.25) is 9.59 Å². The van der Waals surface area contributed by atoms with E-state index in [1.165, 1.54) is 4.90 Å². The molecule has 0 radical (unpaired) electrons. The topological polar surface area (TPSA) is 58.6 Å². The number of halogens is 1. The number of nitrogens with one attached hydrogen (secondary N) is 1. The molecule has 2 aromatic carbocycles. The number of nitrogens with zero attached hydrogens (tertiary/aromatic N) is 1. The maximum absolute atomic E-state index is 12.1. The summed E-state index contributed by atoms with van der Waals surface area (Å²) in [6.07, 6.45) is 0.198. The van der Waals surface area contributed by atoms with Crippen molar-refractivity contribution >= 4 is 29.1 Å². The van der Waals surface area contributed by atoms with Gasteiger partial charge in [-0.2, -0.15) is 0 Å². The number of ether oxygens (including phenoxy) is 1. The van der Waals surface area contributed by atoms with E-state index < -0.39 is 0 Å². The predicted octanol–water partition coefficient (Wildman–Crippen LogP) is 3.51. The molecule has 0 heterocycles. The first-order valence-corrected chi connectivity index (χ1v) is 8.31. The second-order valence-electron chi connectivity index (χ2n) is 5.69. The minimum absolute atomic E-state index is 0.0470. The van der Waals surface area contributed by atoms with Gasteiger partial charge < -0.3 is 15.0 Å². The van der Waals surface area contributed by atoms with E-state index in [2.05, 4.69) is 5.32 Å². The molecule has 0 saturated heterocycles. The fraction of sp³-hybridized carbons (Fsp3) is 0.263. The van der Waals surface area contributed by atoms with Crippen LogP contribution in [0.5, 0.6) is 5.75 Å². The molecule has 5 nitrogen and oxygen atoms in total. The standard InChI is InChI=1S/C19H21ClN2O3/c1-14-7-9-15(10-8-14)25-12-11-19(24)22(2)13-18(23)21-17-6-4-3-5-16(17)20/h3-10H,11-13H2,1-2H3,(H,21,23). The van der Waals surface area contributed by atoms with Gasteiger partial charge in [-0.25, -0.2) is 0 Å². The van der Waals surface area contributed by atoms with Gasteiger partial charge in [-0.15, -0.1) is 0 Å². The van der Waals surface area contributed by atoms with Gasteiger partial charge in [0, 0.05) is 7.05 Å². The fourth-order valence-corrected chi connectivity index (χ4v) is 2.32. The van der Waals surface area contributed by atoms with Crippen molar-refractivity contribution in [2.75, 3.05) is 25.5 Å². The van der Waals surface area contributed by atoms with Crippen molar-refractivity contribution in [3.8, 4) is 5.75 Å². The van der Waals surface area contributed by atoms with Crippen LogP contribution in [0.3, 0.4) is 0 Å². The van der Waals surface area contributed by atoms with Crippen LogP contribution >= 0.6 is 11.6 Å². The lowest BCUT2D eigenvalue weighted by Gasteiger charge is -2.17. The van der Waals surface area contributed by atoms with Crippen LogP contribution < -0.4 is 10.1 Å². The third kappa shape index (κ3) is 6.12. The number of anilines is 1. The Morgan fingerprint density at radius 1 is 1.12 bits per heavy atom. The van der Waals surface area contributed by atoms with E-state index in [1.807, 2.05) is 31.2 Å². The third-order valence-corrected chi connectivity index (χ3v) is 3.89. The van der Waals surface area contributed by atoms with E-state index in [0.717, 1.165) is 11.3 Å². The van der Waals surface area contributed by atoms with Crippen molar-refractivity contribution in [2.45, 2.75) is 13.3 Å². The average molecular weight is 361 g/mol. The van der Waals surface area contributed by atoms with E-state index in [4.69, 9.17) is 16.3 Å². The van der Waals surface area contributed by atoms with Crippen LogP contribution in [0.25, 0.3) is 0 Å². The number of aryl methyl sites for hydroxylation is 1. The van der Waals surface area contributed by atoms with Crippen LogP contribution in [0.2, 0.25) is 5.02 Å². The summed E-state index contributed by atoms with van der Waals surface area (Å²) in [7, 11) is 1.58. The summed E-state index contributed by atoms with van der Waals surface area (Å²) in [6, 6.07) is 14.6. The Morgan fingerprint density at radius 2 is 1.80 bits per heavy atom. The zero-order valence-corrected chi connectivity index (χ0v) is 15.0. The van der Waals surface area contributed by atoms with Gasteiger partial charge in [0.1, 0.15) is 5.75 Å². The molecule has 2 rings (SSSR count). The molecular weight excluding hydrogens is 340 g/mol. The van der Waals surface area contributed by atoms with Gasteiger partial charge in [0.15, 0.2) is 0 Å². The first-order valence-electron chi connectivity index (χ1n) is 7.93. The van der Waals surface area contributed by atoms with Crippen LogP contribution in [-0.4, -0.2) is 36.9 Å². The SMILES string of the molecule is Cc1ccc(OCCC(=O)N(C)CC(=O)Nc2ccccc2Cl)cc1. The highest BCUT2D eigenvalue weighted by atomic mass is 35.5. The summed E-state index contributed by atoms with van der Waals surface area (Å²) in [4.78, 5) is 25.5. The highest BCUT2D eigenvalue weighted by Crippen LogP contribution is 2.20. The molecule has 1 N–H and O–H groups in total. The molecule has 2 amide bonds. The molecule has 0 aliphatic heterocycles. The molecule has 0 aliphatic carbocycles. The molecule has 0 fully saturated rings. The van der Waals surface area contributed by atoms with Gasteiger partial charge in [0.05, 0.1) is 30.3 Å². The summed E-state index contributed by atoms with van der Waals surface area (Å²) >= 11 is 5.99. The zero-order valence-electron chi connectivity index (χ0n) is 14.3. The van der Waals surface area contributed by atoms with E-state index in [0.29, 0.717) is 10.7 Å². The van der Waals surface area contributed by atoms with Crippen LogP contribution in [0, 0.1) is 6.92 Å². The number of likely N-dealkylation sites (N-methyl/N-ethyl adjacent to an activating group) is 1. The molecule has 0 aliphatic rings. The molecule has 6 heteroatoms. The lowest BCUT2D eigenvalue weighted by Crippen LogP contribution is -2.35. The summed E-state index contributed by atoms with van der Waals surface area (Å²) in [5.41, 5.74) is 1.67. The Hall–Kier alpha value is -2.53. The highest BCUT2D eigenvalue weighted by molar-refractivity contribution is 6.33. The molecule has 0 bridgehead atoms. The Kier molecular flexibility index (Phi) is 6.83. The molecule has 132 valence electrons. The second-order valence-corrected chi connectivity index (χ2v) is 6.10. The predicted molar refractivity (Wildman–Crippen MR) is 99.0 cm³/mol. The molecule has 2 aromatic rings. The molecule has 0 aromatic heterocycles. The monoisotopic (exact) mass is 360 g/mol. The van der Waals surface area contributed by atoms with Crippen LogP contribution in [0.4, 0.5) is 5.69 Å². The minimum atomic E-state index is -0.302. The average Bonchev–Trinajstić information content (AvgIpc) is 2.58. The number of amides is 2. The van der Waals surface area contributed by atoms with Crippen molar-refractivity contribution in [3.63, 3.8) is 0 Å². The van der Waals surface area contributed by atoms with Crippen molar-refractivity contribution in [1.29, 1.82) is 0 Å². The van der Waals surface area contributed by atoms with Crippen molar-refractivity contribution in [1.82, 2.24) is 4.90 Å². The van der Waals surface area contributed by atoms with Crippen LogP contribution in [-0.2, 0) is 9.59 Å². The highest BCUT2D eigenvalue weighted by Gasteiger charge is 2.14. The van der Waals surface area contributed by atoms with Gasteiger partial charge in [0.25, 0.3) is 0 Å². The molecule has 0 atom stereocenters. The maximum atomic E-state index is 12.1. The summed E-state index contributed by atoms with van der Waals surface area (Å²) < 4.78 is 5.53. The molecular formula is C19H21ClN2O3.